The molecule has 0 aromatic rings. The van der Waals surface area contributed by atoms with E-state index >= 15 is 0 Å². The van der Waals surface area contributed by atoms with Gasteiger partial charge in [0.05, 0.1) is 18.8 Å². The van der Waals surface area contributed by atoms with Crippen molar-refractivity contribution in [1.29, 1.82) is 0 Å². The van der Waals surface area contributed by atoms with Crippen molar-refractivity contribution in [2.45, 2.75) is 25.0 Å². The first-order chi connectivity index (χ1) is 5.54. The summed E-state index contributed by atoms with van der Waals surface area (Å²) in [7, 11) is 0. The van der Waals surface area contributed by atoms with Crippen molar-refractivity contribution in [1.82, 2.24) is 0 Å². The molecular weight excluding hydrogens is 166 g/mol. The van der Waals surface area contributed by atoms with E-state index in [9.17, 15) is 8.78 Å². The predicted molar refractivity (Wildman–Crippen MR) is 40.7 cm³/mol. The van der Waals surface area contributed by atoms with E-state index in [0.717, 1.165) is 0 Å². The van der Waals surface area contributed by atoms with Crippen molar-refractivity contribution < 1.29 is 18.3 Å². The molecule has 0 unspecified atom stereocenters. The molecule has 1 heterocycles. The van der Waals surface area contributed by atoms with Gasteiger partial charge in [-0.15, -0.1) is 0 Å². The maximum atomic E-state index is 12.3. The Morgan fingerprint density at radius 3 is 2.00 bits per heavy atom. The van der Waals surface area contributed by atoms with Crippen LogP contribution in [0.15, 0.2) is 0 Å². The Bertz CT molecular complexity index is 143. The normalized spacial score (nSPS) is 27.0. The Morgan fingerprint density at radius 2 is 1.67 bits per heavy atom. The first kappa shape index (κ1) is 9.86. The van der Waals surface area contributed by atoms with Gasteiger partial charge in [0.1, 0.15) is 19.0 Å². The highest BCUT2D eigenvalue weighted by Gasteiger charge is 2.40. The Hall–Kier alpha value is -0.220. The Morgan fingerprint density at radius 1 is 1.08 bits per heavy atom. The molecule has 12 heavy (non-hydrogen) atoms. The summed E-state index contributed by atoms with van der Waals surface area (Å²) in [5.74, 6) is 0. The van der Waals surface area contributed by atoms with Crippen molar-refractivity contribution in [2.75, 3.05) is 26.6 Å². The maximum absolute atomic E-state index is 12.3. The van der Waals surface area contributed by atoms with Crippen molar-refractivity contribution >= 4 is 0 Å². The molecule has 0 atom stereocenters. The van der Waals surface area contributed by atoms with E-state index < -0.39 is 24.6 Å². The summed E-state index contributed by atoms with van der Waals surface area (Å²) in [6.45, 7) is 2.22. The minimum absolute atomic E-state index is 0.00694. The third-order valence-electron chi connectivity index (χ3n) is 1.94. The average molecular weight is 180 g/mol. The summed E-state index contributed by atoms with van der Waals surface area (Å²) in [5, 5.41) is 0. The minimum atomic E-state index is -1.34. The van der Waals surface area contributed by atoms with E-state index in [1.807, 2.05) is 13.8 Å². The van der Waals surface area contributed by atoms with Crippen LogP contribution < -0.4 is 0 Å². The lowest BCUT2D eigenvalue weighted by Crippen LogP contribution is -2.53. The third kappa shape index (κ3) is 1.93. The molecule has 4 heteroatoms. The Labute approximate surface area is 70.8 Å². The lowest BCUT2D eigenvalue weighted by Gasteiger charge is -2.40. The van der Waals surface area contributed by atoms with Crippen LogP contribution in [0.25, 0.3) is 0 Å². The number of rotatable bonds is 2. The van der Waals surface area contributed by atoms with Crippen LogP contribution in [0.4, 0.5) is 8.78 Å². The summed E-state index contributed by atoms with van der Waals surface area (Å²) in [6, 6.07) is 0. The summed E-state index contributed by atoms with van der Waals surface area (Å²) in [5.41, 5.74) is -1.76. The highest BCUT2D eigenvalue weighted by Crippen LogP contribution is 2.25. The molecule has 1 rings (SSSR count). The fourth-order valence-corrected chi connectivity index (χ4v) is 0.927. The molecule has 1 saturated heterocycles. The molecular formula is C8H14F2O2. The van der Waals surface area contributed by atoms with E-state index in [0.29, 0.717) is 0 Å². The molecule has 1 aliphatic rings. The van der Waals surface area contributed by atoms with Crippen LogP contribution in [0, 0.1) is 0 Å². The summed E-state index contributed by atoms with van der Waals surface area (Å²) >= 11 is 0. The largest absolute Gasteiger partial charge is 0.370 e. The minimum Gasteiger partial charge on any atom is -0.370 e. The summed E-state index contributed by atoms with van der Waals surface area (Å²) in [4.78, 5) is 0. The zero-order chi connectivity index (χ0) is 9.24. The number of hydrogen-bond acceptors (Lipinski definition) is 2. The van der Waals surface area contributed by atoms with Gasteiger partial charge >= 0.3 is 0 Å². The van der Waals surface area contributed by atoms with Crippen molar-refractivity contribution in [3.05, 3.63) is 0 Å². The first-order valence-corrected chi connectivity index (χ1v) is 3.93. The van der Waals surface area contributed by atoms with Gasteiger partial charge in [0.15, 0.2) is 0 Å². The smallest absolute Gasteiger partial charge is 0.148 e. The highest BCUT2D eigenvalue weighted by molar-refractivity contribution is 4.86. The van der Waals surface area contributed by atoms with Crippen molar-refractivity contribution in [3.8, 4) is 0 Å². The van der Waals surface area contributed by atoms with Gasteiger partial charge in [0.25, 0.3) is 0 Å². The second kappa shape index (κ2) is 3.26. The quantitative estimate of drug-likeness (QED) is 0.641. The molecule has 0 N–H and O–H groups in total. The topological polar surface area (TPSA) is 18.5 Å². The van der Waals surface area contributed by atoms with E-state index in [2.05, 4.69) is 0 Å². The summed E-state index contributed by atoms with van der Waals surface area (Å²) in [6.07, 6.45) is 0. The van der Waals surface area contributed by atoms with Gasteiger partial charge in [-0.3, -0.25) is 0 Å². The lowest BCUT2D eigenvalue weighted by molar-refractivity contribution is -0.232. The van der Waals surface area contributed by atoms with Gasteiger partial charge in [-0.2, -0.15) is 0 Å². The molecule has 0 amide bonds. The predicted octanol–water partition coefficient (Wildman–Crippen LogP) is 1.49. The third-order valence-corrected chi connectivity index (χ3v) is 1.94. The van der Waals surface area contributed by atoms with E-state index in [1.165, 1.54) is 0 Å². The van der Waals surface area contributed by atoms with Crippen molar-refractivity contribution in [2.24, 2.45) is 0 Å². The van der Waals surface area contributed by atoms with Gasteiger partial charge in [0.2, 0.25) is 0 Å². The van der Waals surface area contributed by atoms with E-state index in [1.54, 1.807) is 0 Å². The molecule has 1 aliphatic heterocycles. The Balaban J connectivity index is 2.53. The fraction of sp³-hybridized carbons (Fsp3) is 1.00. The van der Waals surface area contributed by atoms with Gasteiger partial charge in [-0.1, -0.05) is 0 Å². The number of hydrogen-bond donors (Lipinski definition) is 0. The molecule has 0 radical (unpaired) electrons. The van der Waals surface area contributed by atoms with Crippen LogP contribution in [0.5, 0.6) is 0 Å². The van der Waals surface area contributed by atoms with E-state index in [-0.39, 0.29) is 13.2 Å². The SMILES string of the molecule is CC1(C)COC(CF)(CF)CO1. The second-order valence-corrected chi connectivity index (χ2v) is 3.79. The number of alkyl halides is 2. The van der Waals surface area contributed by atoms with Crippen LogP contribution in [-0.2, 0) is 9.47 Å². The molecule has 0 aromatic heterocycles. The molecule has 1 fully saturated rings. The number of ether oxygens (including phenoxy) is 2. The van der Waals surface area contributed by atoms with Gasteiger partial charge in [-0.25, -0.2) is 8.78 Å². The molecule has 72 valence electrons. The monoisotopic (exact) mass is 180 g/mol. The highest BCUT2D eigenvalue weighted by atomic mass is 19.1. The molecule has 0 aromatic carbocycles. The van der Waals surface area contributed by atoms with Gasteiger partial charge in [0, 0.05) is 0 Å². The number of halogens is 2. The average Bonchev–Trinajstić information content (AvgIpc) is 2.06. The van der Waals surface area contributed by atoms with Crippen LogP contribution >= 0.6 is 0 Å². The fourth-order valence-electron chi connectivity index (χ4n) is 0.927. The maximum Gasteiger partial charge on any atom is 0.148 e. The second-order valence-electron chi connectivity index (χ2n) is 3.79. The molecule has 0 spiro atoms. The zero-order valence-electron chi connectivity index (χ0n) is 7.40. The van der Waals surface area contributed by atoms with Crippen molar-refractivity contribution in [3.63, 3.8) is 0 Å². The molecule has 0 saturated carbocycles. The van der Waals surface area contributed by atoms with Crippen LogP contribution in [0.1, 0.15) is 13.8 Å². The summed E-state index contributed by atoms with van der Waals surface area (Å²) < 4.78 is 35.0. The lowest BCUT2D eigenvalue weighted by atomic mass is 10.0. The Kier molecular flexibility index (Phi) is 2.68. The standard InChI is InChI=1S/C8H14F2O2/c1-7(2)5-12-8(3-9,4-10)6-11-7/h3-6H2,1-2H3. The van der Waals surface area contributed by atoms with Crippen LogP contribution in [0.2, 0.25) is 0 Å². The first-order valence-electron chi connectivity index (χ1n) is 3.93. The van der Waals surface area contributed by atoms with Gasteiger partial charge < -0.3 is 9.47 Å². The zero-order valence-corrected chi connectivity index (χ0v) is 7.40. The molecule has 2 nitrogen and oxygen atoms in total. The van der Waals surface area contributed by atoms with Crippen LogP contribution in [0.3, 0.4) is 0 Å². The molecule has 0 bridgehead atoms. The van der Waals surface area contributed by atoms with Gasteiger partial charge in [-0.05, 0) is 13.8 Å². The molecule has 0 aliphatic carbocycles. The van der Waals surface area contributed by atoms with Crippen LogP contribution in [-0.4, -0.2) is 37.8 Å². The van der Waals surface area contributed by atoms with E-state index in [4.69, 9.17) is 9.47 Å².